The molecular formula is C24H22ClNO3. The monoisotopic (exact) mass is 407 g/mol. The van der Waals surface area contributed by atoms with Crippen LogP contribution >= 0.6 is 11.6 Å². The maximum Gasteiger partial charge on any atom is 0.257 e. The second-order valence-corrected chi connectivity index (χ2v) is 7.21. The molecule has 3 aromatic carbocycles. The van der Waals surface area contributed by atoms with Gasteiger partial charge in [0.05, 0.1) is 5.56 Å². The van der Waals surface area contributed by atoms with Crippen LogP contribution in [0.4, 0.5) is 0 Å². The molecule has 0 aliphatic carbocycles. The number of Topliss-reactive ketones (excluding diaryl/α,β-unsaturated/α-hetero) is 1. The van der Waals surface area contributed by atoms with Gasteiger partial charge in [0.1, 0.15) is 12.4 Å². The van der Waals surface area contributed by atoms with Crippen molar-refractivity contribution < 1.29 is 14.3 Å². The number of halogens is 1. The Kier molecular flexibility index (Phi) is 7.04. The molecule has 0 atom stereocenters. The molecule has 3 aromatic rings. The number of ketones is 1. The number of carbonyl (C=O) groups is 2. The summed E-state index contributed by atoms with van der Waals surface area (Å²) in [4.78, 5) is 26.8. The number of ether oxygens (including phenoxy) is 1. The Balaban J connectivity index is 1.62. The maximum atomic E-state index is 12.9. The molecule has 0 unspecified atom stereocenters. The normalized spacial score (nSPS) is 10.4. The zero-order valence-electron chi connectivity index (χ0n) is 16.2. The van der Waals surface area contributed by atoms with Gasteiger partial charge in [-0.15, -0.1) is 0 Å². The highest BCUT2D eigenvalue weighted by Crippen LogP contribution is 2.21. The SMILES string of the molecule is CN(Cc1ccccc1)C(=O)c1ccccc1OCC(=O)Cc1ccc(Cl)cc1. The summed E-state index contributed by atoms with van der Waals surface area (Å²) in [5.74, 6) is 0.170. The van der Waals surface area contributed by atoms with E-state index in [1.54, 1.807) is 48.3 Å². The lowest BCUT2D eigenvalue weighted by atomic mass is 10.1. The number of rotatable bonds is 8. The molecule has 4 nitrogen and oxygen atoms in total. The minimum Gasteiger partial charge on any atom is -0.485 e. The minimum absolute atomic E-state index is 0.0767. The van der Waals surface area contributed by atoms with Crippen LogP contribution in [0.3, 0.4) is 0 Å². The second kappa shape index (κ2) is 9.89. The Morgan fingerprint density at radius 2 is 1.52 bits per heavy atom. The molecule has 0 saturated heterocycles. The van der Waals surface area contributed by atoms with E-state index < -0.39 is 0 Å². The molecule has 5 heteroatoms. The summed E-state index contributed by atoms with van der Waals surface area (Å²) >= 11 is 5.87. The van der Waals surface area contributed by atoms with E-state index in [1.165, 1.54) is 0 Å². The van der Waals surface area contributed by atoms with E-state index in [9.17, 15) is 9.59 Å². The zero-order valence-corrected chi connectivity index (χ0v) is 16.9. The smallest absolute Gasteiger partial charge is 0.257 e. The van der Waals surface area contributed by atoms with Gasteiger partial charge in [-0.05, 0) is 35.4 Å². The van der Waals surface area contributed by atoms with E-state index in [4.69, 9.17) is 16.3 Å². The van der Waals surface area contributed by atoms with E-state index in [1.807, 2.05) is 42.5 Å². The molecule has 1 amide bonds. The van der Waals surface area contributed by atoms with E-state index in [-0.39, 0.29) is 24.7 Å². The quantitative estimate of drug-likeness (QED) is 0.538. The van der Waals surface area contributed by atoms with Crippen LogP contribution in [-0.4, -0.2) is 30.2 Å². The number of hydrogen-bond acceptors (Lipinski definition) is 3. The highest BCUT2D eigenvalue weighted by atomic mass is 35.5. The molecule has 0 saturated carbocycles. The Bertz CT molecular complexity index is 971. The Morgan fingerprint density at radius 3 is 2.24 bits per heavy atom. The molecule has 0 N–H and O–H groups in total. The number of amides is 1. The number of nitrogens with zero attached hydrogens (tertiary/aromatic N) is 1. The molecule has 0 radical (unpaired) electrons. The van der Waals surface area contributed by atoms with Crippen molar-refractivity contribution in [1.29, 1.82) is 0 Å². The van der Waals surface area contributed by atoms with Crippen LogP contribution < -0.4 is 4.74 Å². The van der Waals surface area contributed by atoms with Crippen molar-refractivity contribution in [3.63, 3.8) is 0 Å². The van der Waals surface area contributed by atoms with Crippen LogP contribution in [0.25, 0.3) is 0 Å². The Hall–Kier alpha value is -3.11. The topological polar surface area (TPSA) is 46.6 Å². The van der Waals surface area contributed by atoms with Crippen molar-refractivity contribution in [2.45, 2.75) is 13.0 Å². The average molecular weight is 408 g/mol. The largest absolute Gasteiger partial charge is 0.485 e. The third-order valence-electron chi connectivity index (χ3n) is 4.43. The molecule has 0 aromatic heterocycles. The van der Waals surface area contributed by atoms with Crippen molar-refractivity contribution in [2.75, 3.05) is 13.7 Å². The third kappa shape index (κ3) is 5.93. The van der Waals surface area contributed by atoms with Crippen molar-refractivity contribution in [3.8, 4) is 5.75 Å². The summed E-state index contributed by atoms with van der Waals surface area (Å²) in [5, 5.41) is 0.629. The van der Waals surface area contributed by atoms with Crippen LogP contribution in [-0.2, 0) is 17.8 Å². The summed E-state index contributed by atoms with van der Waals surface area (Å²) in [6.07, 6.45) is 0.251. The van der Waals surface area contributed by atoms with E-state index in [0.29, 0.717) is 22.9 Å². The maximum absolute atomic E-state index is 12.9. The van der Waals surface area contributed by atoms with Gasteiger partial charge in [0.15, 0.2) is 5.78 Å². The number of carbonyl (C=O) groups excluding carboxylic acids is 2. The first-order valence-electron chi connectivity index (χ1n) is 9.30. The van der Waals surface area contributed by atoms with Crippen LogP contribution in [0.1, 0.15) is 21.5 Å². The van der Waals surface area contributed by atoms with Crippen molar-refractivity contribution >= 4 is 23.3 Å². The van der Waals surface area contributed by atoms with Crippen molar-refractivity contribution in [2.24, 2.45) is 0 Å². The van der Waals surface area contributed by atoms with E-state index in [2.05, 4.69) is 0 Å². The van der Waals surface area contributed by atoms with Crippen LogP contribution in [0.2, 0.25) is 5.02 Å². The van der Waals surface area contributed by atoms with Gasteiger partial charge in [-0.25, -0.2) is 0 Å². The first kappa shape index (κ1) is 20.6. The molecule has 0 aliphatic rings. The highest BCUT2D eigenvalue weighted by Gasteiger charge is 2.17. The number of hydrogen-bond donors (Lipinski definition) is 0. The number of para-hydroxylation sites is 1. The van der Waals surface area contributed by atoms with E-state index >= 15 is 0 Å². The van der Waals surface area contributed by atoms with Gasteiger partial charge >= 0.3 is 0 Å². The van der Waals surface area contributed by atoms with Crippen LogP contribution in [0.5, 0.6) is 5.75 Å². The molecule has 0 heterocycles. The fourth-order valence-electron chi connectivity index (χ4n) is 2.94. The molecule has 148 valence electrons. The van der Waals surface area contributed by atoms with Crippen LogP contribution in [0.15, 0.2) is 78.9 Å². The molecule has 3 rings (SSSR count). The lowest BCUT2D eigenvalue weighted by Gasteiger charge is -2.19. The summed E-state index contributed by atoms with van der Waals surface area (Å²) in [6.45, 7) is 0.388. The Morgan fingerprint density at radius 1 is 0.862 bits per heavy atom. The second-order valence-electron chi connectivity index (χ2n) is 6.77. The zero-order chi connectivity index (χ0) is 20.6. The van der Waals surface area contributed by atoms with E-state index in [0.717, 1.165) is 11.1 Å². The first-order valence-corrected chi connectivity index (χ1v) is 9.68. The van der Waals surface area contributed by atoms with Gasteiger partial charge in [0.2, 0.25) is 0 Å². The summed E-state index contributed by atoms with van der Waals surface area (Å²) in [5.41, 5.74) is 2.35. The first-order chi connectivity index (χ1) is 14.0. The molecule has 29 heavy (non-hydrogen) atoms. The minimum atomic E-state index is -0.158. The highest BCUT2D eigenvalue weighted by molar-refractivity contribution is 6.30. The molecular weight excluding hydrogens is 386 g/mol. The lowest BCUT2D eigenvalue weighted by molar-refractivity contribution is -0.120. The summed E-state index contributed by atoms with van der Waals surface area (Å²) in [6, 6.07) is 23.9. The van der Waals surface area contributed by atoms with Crippen LogP contribution in [0, 0.1) is 0 Å². The third-order valence-corrected chi connectivity index (χ3v) is 4.68. The predicted octanol–water partition coefficient (Wildman–Crippen LogP) is 4.80. The standard InChI is InChI=1S/C24H22ClNO3/c1-26(16-19-7-3-2-4-8-19)24(28)22-9-5-6-10-23(22)29-17-21(27)15-18-11-13-20(25)14-12-18/h2-14H,15-17H2,1H3. The molecule has 0 aliphatic heterocycles. The molecule has 0 fully saturated rings. The van der Waals surface area contributed by atoms with Gasteiger partial charge in [-0.3, -0.25) is 9.59 Å². The van der Waals surface area contributed by atoms with Crippen molar-refractivity contribution in [1.82, 2.24) is 4.90 Å². The molecule has 0 spiro atoms. The van der Waals surface area contributed by atoms with Crippen molar-refractivity contribution in [3.05, 3.63) is 101 Å². The Labute approximate surface area is 175 Å². The lowest BCUT2D eigenvalue weighted by Crippen LogP contribution is -2.27. The van der Waals surface area contributed by atoms with Gasteiger partial charge in [0, 0.05) is 25.0 Å². The van der Waals surface area contributed by atoms with Gasteiger partial charge in [-0.2, -0.15) is 0 Å². The predicted molar refractivity (Wildman–Crippen MR) is 114 cm³/mol. The number of benzene rings is 3. The summed E-state index contributed by atoms with van der Waals surface area (Å²) in [7, 11) is 1.75. The summed E-state index contributed by atoms with van der Waals surface area (Å²) < 4.78 is 5.69. The van der Waals surface area contributed by atoms with Gasteiger partial charge in [-0.1, -0.05) is 66.2 Å². The fourth-order valence-corrected chi connectivity index (χ4v) is 3.07. The van der Waals surface area contributed by atoms with Gasteiger partial charge < -0.3 is 9.64 Å². The average Bonchev–Trinajstić information content (AvgIpc) is 2.74. The fraction of sp³-hybridized carbons (Fsp3) is 0.167. The molecule has 0 bridgehead atoms. The van der Waals surface area contributed by atoms with Gasteiger partial charge in [0.25, 0.3) is 5.91 Å².